The number of rotatable bonds is 4. The minimum atomic E-state index is -0.00804. The van der Waals surface area contributed by atoms with Gasteiger partial charge in [-0.2, -0.15) is 0 Å². The van der Waals surface area contributed by atoms with E-state index in [0.717, 1.165) is 31.9 Å². The number of benzene rings is 1. The van der Waals surface area contributed by atoms with Crippen LogP contribution in [0.25, 0.3) is 0 Å². The molecule has 1 fully saturated rings. The lowest BCUT2D eigenvalue weighted by molar-refractivity contribution is 0.0676. The van der Waals surface area contributed by atoms with E-state index >= 15 is 0 Å². The first kappa shape index (κ1) is 16.4. The van der Waals surface area contributed by atoms with Gasteiger partial charge in [-0.25, -0.2) is 9.97 Å². The van der Waals surface area contributed by atoms with Crippen LogP contribution in [0.4, 0.5) is 5.82 Å². The third-order valence-corrected chi connectivity index (χ3v) is 4.46. The predicted octanol–water partition coefficient (Wildman–Crippen LogP) is 2.99. The van der Waals surface area contributed by atoms with E-state index in [1.54, 1.807) is 12.4 Å². The molecule has 1 atom stereocenters. The molecule has 5 heteroatoms. The molecule has 0 saturated carbocycles. The lowest BCUT2D eigenvalue weighted by Crippen LogP contribution is -2.39. The molecule has 1 aliphatic rings. The van der Waals surface area contributed by atoms with E-state index in [2.05, 4.69) is 29.0 Å². The summed E-state index contributed by atoms with van der Waals surface area (Å²) in [6.07, 6.45) is 5.54. The summed E-state index contributed by atoms with van der Waals surface area (Å²) in [4.78, 5) is 25.2. The van der Waals surface area contributed by atoms with E-state index in [1.165, 1.54) is 12.0 Å². The molecule has 0 aliphatic carbocycles. The Balaban J connectivity index is 1.65. The summed E-state index contributed by atoms with van der Waals surface area (Å²) < 4.78 is 0. The molecule has 1 saturated heterocycles. The first-order valence-corrected chi connectivity index (χ1v) is 8.50. The fourth-order valence-corrected chi connectivity index (χ4v) is 3.10. The van der Waals surface area contributed by atoms with Gasteiger partial charge in [0.1, 0.15) is 11.5 Å². The third-order valence-electron chi connectivity index (χ3n) is 4.46. The Morgan fingerprint density at radius 3 is 2.71 bits per heavy atom. The molecule has 1 aliphatic heterocycles. The summed E-state index contributed by atoms with van der Waals surface area (Å²) in [5, 5.41) is 0. The van der Waals surface area contributed by atoms with E-state index in [-0.39, 0.29) is 5.91 Å². The molecule has 0 radical (unpaired) electrons. The molecule has 0 N–H and O–H groups in total. The Bertz CT molecular complexity index is 672. The van der Waals surface area contributed by atoms with E-state index in [1.807, 2.05) is 35.0 Å². The fourth-order valence-electron chi connectivity index (χ4n) is 3.10. The van der Waals surface area contributed by atoms with Crippen LogP contribution >= 0.6 is 0 Å². The normalized spacial score (nSPS) is 17.6. The van der Waals surface area contributed by atoms with E-state index in [0.29, 0.717) is 11.6 Å². The van der Waals surface area contributed by atoms with Gasteiger partial charge in [0.2, 0.25) is 0 Å². The number of hydrogen-bond donors (Lipinski definition) is 0. The molecule has 24 heavy (non-hydrogen) atoms. The number of likely N-dealkylation sites (tertiary alicyclic amines) is 1. The molecule has 126 valence electrons. The number of aromatic nitrogens is 2. The second kappa shape index (κ2) is 7.43. The van der Waals surface area contributed by atoms with Gasteiger partial charge in [0, 0.05) is 26.7 Å². The zero-order valence-electron chi connectivity index (χ0n) is 14.4. The lowest BCUT2D eigenvalue weighted by atomic mass is 10.0. The quantitative estimate of drug-likeness (QED) is 0.867. The van der Waals surface area contributed by atoms with Crippen molar-refractivity contribution in [2.75, 3.05) is 25.0 Å². The van der Waals surface area contributed by atoms with Crippen LogP contribution in [0, 0.1) is 5.92 Å². The maximum absolute atomic E-state index is 12.5. The van der Waals surface area contributed by atoms with Crippen LogP contribution in [0.5, 0.6) is 0 Å². The van der Waals surface area contributed by atoms with Gasteiger partial charge in [0.05, 0.1) is 12.4 Å². The minimum absolute atomic E-state index is 0.00804. The SMILES string of the molecule is CC1CCCN(C(=O)c2cnc(N(C)Cc3ccccc3)cn2)C1. The standard InChI is InChI=1S/C19H24N4O/c1-15-7-6-10-23(13-15)19(24)17-11-21-18(12-20-17)22(2)14-16-8-4-3-5-9-16/h3-5,8-9,11-12,15H,6-7,10,13-14H2,1-2H3. The second-order valence-electron chi connectivity index (χ2n) is 6.60. The van der Waals surface area contributed by atoms with Crippen molar-refractivity contribution >= 4 is 11.7 Å². The Labute approximate surface area is 143 Å². The van der Waals surface area contributed by atoms with Crippen LogP contribution < -0.4 is 4.90 Å². The topological polar surface area (TPSA) is 49.3 Å². The van der Waals surface area contributed by atoms with Crippen molar-refractivity contribution < 1.29 is 4.79 Å². The summed E-state index contributed by atoms with van der Waals surface area (Å²) in [6.45, 7) is 4.58. The minimum Gasteiger partial charge on any atom is -0.354 e. The van der Waals surface area contributed by atoms with Crippen molar-refractivity contribution in [2.24, 2.45) is 5.92 Å². The Morgan fingerprint density at radius 2 is 2.04 bits per heavy atom. The number of carbonyl (C=O) groups is 1. The molecule has 2 aromatic rings. The van der Waals surface area contributed by atoms with Gasteiger partial charge in [0.25, 0.3) is 5.91 Å². The molecular formula is C19H24N4O. The van der Waals surface area contributed by atoms with Crippen molar-refractivity contribution in [2.45, 2.75) is 26.3 Å². The van der Waals surface area contributed by atoms with Crippen molar-refractivity contribution in [1.82, 2.24) is 14.9 Å². The highest BCUT2D eigenvalue weighted by Crippen LogP contribution is 2.18. The number of anilines is 1. The average Bonchev–Trinajstić information content (AvgIpc) is 2.62. The van der Waals surface area contributed by atoms with Crippen LogP contribution in [-0.4, -0.2) is 40.9 Å². The molecule has 1 aromatic carbocycles. The maximum atomic E-state index is 12.5. The summed E-state index contributed by atoms with van der Waals surface area (Å²) in [5.41, 5.74) is 1.64. The number of amides is 1. The molecule has 1 unspecified atom stereocenters. The predicted molar refractivity (Wildman–Crippen MR) is 94.9 cm³/mol. The lowest BCUT2D eigenvalue weighted by Gasteiger charge is -2.30. The van der Waals surface area contributed by atoms with Crippen molar-refractivity contribution in [3.8, 4) is 0 Å². The van der Waals surface area contributed by atoms with Crippen LogP contribution in [0.2, 0.25) is 0 Å². The number of nitrogens with zero attached hydrogens (tertiary/aromatic N) is 4. The van der Waals surface area contributed by atoms with Gasteiger partial charge in [-0.15, -0.1) is 0 Å². The van der Waals surface area contributed by atoms with Crippen molar-refractivity contribution in [3.63, 3.8) is 0 Å². The zero-order chi connectivity index (χ0) is 16.9. The van der Waals surface area contributed by atoms with Crippen LogP contribution in [-0.2, 0) is 6.54 Å². The Kier molecular flexibility index (Phi) is 5.08. The first-order valence-electron chi connectivity index (χ1n) is 8.50. The molecule has 0 bridgehead atoms. The molecule has 1 aromatic heterocycles. The third kappa shape index (κ3) is 3.91. The van der Waals surface area contributed by atoms with Gasteiger partial charge in [-0.1, -0.05) is 37.3 Å². The highest BCUT2D eigenvalue weighted by atomic mass is 16.2. The second-order valence-corrected chi connectivity index (χ2v) is 6.60. The van der Waals surface area contributed by atoms with Gasteiger partial charge in [-0.05, 0) is 24.3 Å². The van der Waals surface area contributed by atoms with E-state index in [4.69, 9.17) is 0 Å². The van der Waals surface area contributed by atoms with Crippen molar-refractivity contribution in [1.29, 1.82) is 0 Å². The van der Waals surface area contributed by atoms with Crippen LogP contribution in [0.3, 0.4) is 0 Å². The average molecular weight is 324 g/mol. The summed E-state index contributed by atoms with van der Waals surface area (Å²) in [5.74, 6) is 1.32. The fraction of sp³-hybridized carbons (Fsp3) is 0.421. The molecule has 5 nitrogen and oxygen atoms in total. The first-order chi connectivity index (χ1) is 11.6. The highest BCUT2D eigenvalue weighted by Gasteiger charge is 2.23. The zero-order valence-corrected chi connectivity index (χ0v) is 14.4. The van der Waals surface area contributed by atoms with Crippen LogP contribution in [0.15, 0.2) is 42.7 Å². The van der Waals surface area contributed by atoms with Gasteiger partial charge < -0.3 is 9.80 Å². The van der Waals surface area contributed by atoms with Crippen molar-refractivity contribution in [3.05, 3.63) is 54.0 Å². The van der Waals surface area contributed by atoms with E-state index < -0.39 is 0 Å². The molecule has 3 rings (SSSR count). The monoisotopic (exact) mass is 324 g/mol. The molecule has 0 spiro atoms. The largest absolute Gasteiger partial charge is 0.354 e. The molecule has 1 amide bonds. The smallest absolute Gasteiger partial charge is 0.274 e. The summed E-state index contributed by atoms with van der Waals surface area (Å²) >= 11 is 0. The van der Waals surface area contributed by atoms with Gasteiger partial charge in [-0.3, -0.25) is 4.79 Å². The Morgan fingerprint density at radius 1 is 1.25 bits per heavy atom. The molecule has 2 heterocycles. The number of carbonyl (C=O) groups excluding carboxylic acids is 1. The number of piperidine rings is 1. The van der Waals surface area contributed by atoms with E-state index in [9.17, 15) is 4.79 Å². The van der Waals surface area contributed by atoms with Crippen LogP contribution in [0.1, 0.15) is 35.8 Å². The highest BCUT2D eigenvalue weighted by molar-refractivity contribution is 5.92. The molecular weight excluding hydrogens is 300 g/mol. The summed E-state index contributed by atoms with van der Waals surface area (Å²) in [7, 11) is 1.98. The van der Waals surface area contributed by atoms with Gasteiger partial charge in [0.15, 0.2) is 0 Å². The summed E-state index contributed by atoms with van der Waals surface area (Å²) in [6, 6.07) is 10.2. The maximum Gasteiger partial charge on any atom is 0.274 e. The van der Waals surface area contributed by atoms with Gasteiger partial charge >= 0.3 is 0 Å². The number of hydrogen-bond acceptors (Lipinski definition) is 4. The Hall–Kier alpha value is -2.43.